The first-order valence-electron chi connectivity index (χ1n) is 11.6. The maximum atomic E-state index is 13.5. The van der Waals surface area contributed by atoms with Crippen LogP contribution in [0.5, 0.6) is 0 Å². The molecule has 1 saturated heterocycles. The predicted octanol–water partition coefficient (Wildman–Crippen LogP) is 5.31. The van der Waals surface area contributed by atoms with Gasteiger partial charge in [0.05, 0.1) is 19.8 Å². The average Bonchev–Trinajstić information content (AvgIpc) is 3.41. The average molecular weight is 596 g/mol. The number of amides is 3. The molecule has 0 unspecified atom stereocenters. The van der Waals surface area contributed by atoms with E-state index in [1.807, 2.05) is 53.6 Å². The number of hydrogen-bond acceptors (Lipinski definition) is 4. The van der Waals surface area contributed by atoms with Crippen LogP contribution in [-0.2, 0) is 14.4 Å². The molecule has 1 aliphatic rings. The van der Waals surface area contributed by atoms with Crippen LogP contribution < -0.4 is 10.4 Å². The summed E-state index contributed by atoms with van der Waals surface area (Å²) in [4.78, 5) is 32.4. The molecule has 184 valence electrons. The highest BCUT2D eigenvalue weighted by molar-refractivity contribution is 14.1. The fraction of sp³-hybridized carbons (Fsp3) is 0.185. The second-order valence-electron chi connectivity index (χ2n) is 8.50. The quantitative estimate of drug-likeness (QED) is 0.234. The summed E-state index contributed by atoms with van der Waals surface area (Å²) < 4.78 is 10.1. The Bertz CT molecular complexity index is 1350. The summed E-state index contributed by atoms with van der Waals surface area (Å²) in [6.07, 6.45) is 1.93. The molecule has 2 N–H and O–H groups in total. The van der Waals surface area contributed by atoms with Crippen molar-refractivity contribution < 1.29 is 17.5 Å². The van der Waals surface area contributed by atoms with Crippen molar-refractivity contribution >= 4 is 51.5 Å². The fourth-order valence-electron chi connectivity index (χ4n) is 4.29. The van der Waals surface area contributed by atoms with Gasteiger partial charge in [-0.2, -0.15) is 0 Å². The van der Waals surface area contributed by atoms with Crippen LogP contribution in [0.15, 0.2) is 79.0 Å². The molecule has 9 heteroatoms. The highest BCUT2D eigenvalue weighted by Crippen LogP contribution is 2.27. The first kappa shape index (κ1) is 24.3. The summed E-state index contributed by atoms with van der Waals surface area (Å²) in [5.74, 6) is -0.328. The molecular weight excluding hydrogens is 571 g/mol. The zero-order chi connectivity index (χ0) is 24.9. The van der Waals surface area contributed by atoms with Crippen LogP contribution in [0.3, 0.4) is 0 Å². The molecule has 1 aliphatic heterocycles. The number of H-pyrrole nitrogens is 1. The number of hydroxylamine groups is 1. The van der Waals surface area contributed by atoms with Crippen molar-refractivity contribution in [2.45, 2.75) is 6.54 Å². The molecule has 0 atom stereocenters. The van der Waals surface area contributed by atoms with Crippen molar-refractivity contribution in [1.29, 1.82) is 0 Å². The molecule has 1 fully saturated rings. The Morgan fingerprint density at radius 2 is 1.69 bits per heavy atom. The Hall–Kier alpha value is -3.41. The van der Waals surface area contributed by atoms with Crippen molar-refractivity contribution in [3.05, 3.63) is 90.1 Å². The highest BCUT2D eigenvalue weighted by atomic mass is 127. The predicted molar refractivity (Wildman–Crippen MR) is 147 cm³/mol. The molecule has 0 aliphatic carbocycles. The summed E-state index contributed by atoms with van der Waals surface area (Å²) in [7, 11) is 0. The first-order valence-corrected chi connectivity index (χ1v) is 12.5. The summed E-state index contributed by atoms with van der Waals surface area (Å²) >= 11 is 1.60. The molecule has 0 radical (unpaired) electrons. The lowest BCUT2D eigenvalue weighted by molar-refractivity contribution is 0.0548. The van der Waals surface area contributed by atoms with Crippen LogP contribution in [0.25, 0.3) is 22.0 Å². The molecule has 0 spiro atoms. The molecule has 4 aromatic rings. The number of ether oxygens (including phenoxy) is 1. The van der Waals surface area contributed by atoms with Crippen LogP contribution >= 0.6 is 23.0 Å². The topological polar surface area (TPSA) is 86.9 Å². The molecule has 3 aromatic carbocycles. The number of fused-ring (bicyclic) bond motifs is 1. The van der Waals surface area contributed by atoms with E-state index in [4.69, 9.17) is 4.74 Å². The first-order chi connectivity index (χ1) is 17.6. The number of urea groups is 1. The van der Waals surface area contributed by atoms with Crippen molar-refractivity contribution in [3.8, 4) is 11.1 Å². The third-order valence-corrected chi connectivity index (χ3v) is 6.49. The van der Waals surface area contributed by atoms with E-state index in [2.05, 4.69) is 31.8 Å². The van der Waals surface area contributed by atoms with Gasteiger partial charge in [0.25, 0.3) is 5.91 Å². The minimum atomic E-state index is -0.328. The van der Waals surface area contributed by atoms with Crippen LogP contribution in [0, 0.1) is 0 Å². The van der Waals surface area contributed by atoms with Crippen LogP contribution in [0.2, 0.25) is 0 Å². The zero-order valence-corrected chi connectivity index (χ0v) is 21.6. The van der Waals surface area contributed by atoms with E-state index < -0.39 is 0 Å². The molecule has 8 nitrogen and oxygen atoms in total. The normalized spacial score (nSPS) is 13.5. The third-order valence-electron chi connectivity index (χ3n) is 6.27. The van der Waals surface area contributed by atoms with Gasteiger partial charge in [-0.3, -0.25) is 9.69 Å². The van der Waals surface area contributed by atoms with E-state index in [9.17, 15) is 9.59 Å². The number of anilines is 1. The van der Waals surface area contributed by atoms with Crippen molar-refractivity contribution in [1.82, 2.24) is 15.4 Å². The summed E-state index contributed by atoms with van der Waals surface area (Å²) in [6.45, 7) is 2.54. The Kier molecular flexibility index (Phi) is 7.49. The van der Waals surface area contributed by atoms with Gasteiger partial charge in [0.2, 0.25) is 0 Å². The van der Waals surface area contributed by atoms with Gasteiger partial charge in [0.15, 0.2) is 0 Å². The number of hydrogen-bond donors (Lipinski definition) is 2. The number of aromatic nitrogens is 1. The van der Waals surface area contributed by atoms with E-state index in [0.717, 1.165) is 27.9 Å². The van der Waals surface area contributed by atoms with Crippen LogP contribution in [0.1, 0.15) is 15.9 Å². The van der Waals surface area contributed by atoms with Crippen molar-refractivity contribution in [2.75, 3.05) is 31.2 Å². The molecule has 3 amide bonds. The molecule has 1 aromatic heterocycles. The smallest absolute Gasteiger partial charge is 0.324 e. The lowest BCUT2D eigenvalue weighted by Gasteiger charge is -2.33. The van der Waals surface area contributed by atoms with Gasteiger partial charge in [0.1, 0.15) is 23.0 Å². The number of nitrogens with zero attached hydrogens (tertiary/aromatic N) is 2. The van der Waals surface area contributed by atoms with E-state index >= 15 is 0 Å². The number of aromatic amines is 1. The Morgan fingerprint density at radius 3 is 2.42 bits per heavy atom. The molecular formula is C27H25IN4O4. The molecule has 5 rings (SSSR count). The number of benzene rings is 3. The van der Waals surface area contributed by atoms with Gasteiger partial charge in [-0.1, -0.05) is 36.4 Å². The monoisotopic (exact) mass is 596 g/mol. The Labute approximate surface area is 222 Å². The lowest BCUT2D eigenvalue weighted by Crippen LogP contribution is -2.48. The minimum Gasteiger partial charge on any atom is -0.378 e. The Morgan fingerprint density at radius 1 is 0.972 bits per heavy atom. The van der Waals surface area contributed by atoms with Crippen molar-refractivity contribution in [3.63, 3.8) is 0 Å². The molecule has 0 bridgehead atoms. The summed E-state index contributed by atoms with van der Waals surface area (Å²) in [5, 5.41) is 1.17. The summed E-state index contributed by atoms with van der Waals surface area (Å²) in [5.41, 5.74) is 7.75. The van der Waals surface area contributed by atoms with E-state index in [1.54, 1.807) is 40.0 Å². The molecule has 2 heterocycles. The van der Waals surface area contributed by atoms with Crippen LogP contribution in [0.4, 0.5) is 10.5 Å². The zero-order valence-electron chi connectivity index (χ0n) is 19.4. The fourth-order valence-corrected chi connectivity index (χ4v) is 4.49. The van der Waals surface area contributed by atoms with Crippen molar-refractivity contribution in [2.24, 2.45) is 0 Å². The van der Waals surface area contributed by atoms with Gasteiger partial charge in [-0.15, -0.1) is 0 Å². The number of carbonyl (C=O) groups is 2. The minimum absolute atomic E-state index is 0.0704. The maximum absolute atomic E-state index is 13.5. The van der Waals surface area contributed by atoms with Gasteiger partial charge < -0.3 is 14.6 Å². The van der Waals surface area contributed by atoms with Gasteiger partial charge in [-0.05, 0) is 58.5 Å². The SMILES string of the molecule is O=C(NOI)c1ccc(CN(C(=O)N2CCOCC2)c2ccc(-c3ccc4cc[nH]c4c3)cc2)cc1. The highest BCUT2D eigenvalue weighted by Gasteiger charge is 2.24. The maximum Gasteiger partial charge on any atom is 0.324 e. The second kappa shape index (κ2) is 11.1. The molecule has 36 heavy (non-hydrogen) atoms. The number of morpholine rings is 1. The standard InChI is InChI=1S/C27H25IN4O4/c28-36-30-26(33)22-3-1-19(2-4-22)18-32(27(34)31-13-15-35-16-14-31)24-9-7-20(8-10-24)23-6-5-21-11-12-29-25(21)17-23/h1-12,17,29H,13-16,18H2,(H,30,33). The summed E-state index contributed by atoms with van der Waals surface area (Å²) in [6, 6.07) is 23.5. The number of nitrogens with one attached hydrogen (secondary N) is 2. The second-order valence-corrected chi connectivity index (χ2v) is 8.94. The third kappa shape index (κ3) is 5.38. The Balaban J connectivity index is 1.40. The number of halogens is 1. The largest absolute Gasteiger partial charge is 0.378 e. The van der Waals surface area contributed by atoms with Crippen LogP contribution in [-0.4, -0.2) is 48.1 Å². The van der Waals surface area contributed by atoms with E-state index in [1.165, 1.54) is 5.39 Å². The lowest BCUT2D eigenvalue weighted by atomic mass is 10.0. The number of carbonyl (C=O) groups excluding carboxylic acids is 2. The van der Waals surface area contributed by atoms with Gasteiger partial charge in [0, 0.05) is 36.1 Å². The number of rotatable bonds is 6. The van der Waals surface area contributed by atoms with Gasteiger partial charge >= 0.3 is 6.03 Å². The van der Waals surface area contributed by atoms with E-state index in [0.29, 0.717) is 38.4 Å². The van der Waals surface area contributed by atoms with E-state index in [-0.39, 0.29) is 11.9 Å². The molecule has 0 saturated carbocycles. The van der Waals surface area contributed by atoms with Gasteiger partial charge in [-0.25, -0.2) is 13.4 Å².